The maximum absolute atomic E-state index is 14.1. The zero-order valence-electron chi connectivity index (χ0n) is 20.3. The molecule has 0 spiro atoms. The van der Waals surface area contributed by atoms with Crippen LogP contribution in [-0.4, -0.2) is 30.5 Å². The lowest BCUT2D eigenvalue weighted by Gasteiger charge is -2.27. The van der Waals surface area contributed by atoms with Gasteiger partial charge in [0.1, 0.15) is 12.2 Å². The number of carbonyl (C=O) groups excluding carboxylic acids is 1. The smallest absolute Gasteiger partial charge is 0.265 e. The Morgan fingerprint density at radius 2 is 1.65 bits per heavy atom. The van der Waals surface area contributed by atoms with Gasteiger partial charge in [0.05, 0.1) is 10.6 Å². The number of anilines is 2. The van der Waals surface area contributed by atoms with E-state index in [1.54, 1.807) is 42.5 Å². The topological polar surface area (TPSA) is 92.3 Å². The van der Waals surface area contributed by atoms with Gasteiger partial charge in [-0.3, -0.25) is 9.10 Å². The van der Waals surface area contributed by atoms with Crippen LogP contribution in [0.3, 0.4) is 0 Å². The van der Waals surface area contributed by atoms with Crippen LogP contribution in [0.5, 0.6) is 0 Å². The van der Waals surface area contributed by atoms with Crippen molar-refractivity contribution in [3.05, 3.63) is 101 Å². The van der Waals surface area contributed by atoms with Crippen LogP contribution in [0, 0.1) is 13.8 Å². The van der Waals surface area contributed by atoms with Crippen LogP contribution in [0.4, 0.5) is 11.4 Å². The summed E-state index contributed by atoms with van der Waals surface area (Å²) in [7, 11) is -4.09. The van der Waals surface area contributed by atoms with Crippen LogP contribution in [-0.2, 0) is 14.8 Å². The summed E-state index contributed by atoms with van der Waals surface area (Å²) >= 11 is 1.26. The molecular weight excluding hydrogens is 504 g/mol. The van der Waals surface area contributed by atoms with E-state index in [1.165, 1.54) is 15.8 Å². The van der Waals surface area contributed by atoms with Crippen molar-refractivity contribution in [1.82, 2.24) is 9.59 Å². The molecule has 5 aromatic rings. The predicted molar refractivity (Wildman–Crippen MR) is 148 cm³/mol. The summed E-state index contributed by atoms with van der Waals surface area (Å²) in [5.74, 6) is -0.451. The van der Waals surface area contributed by atoms with E-state index in [1.807, 2.05) is 61.7 Å². The molecule has 0 aliphatic rings. The van der Waals surface area contributed by atoms with Gasteiger partial charge in [0, 0.05) is 22.0 Å². The Bertz CT molecular complexity index is 1680. The van der Waals surface area contributed by atoms with Gasteiger partial charge in [-0.1, -0.05) is 65.2 Å². The van der Waals surface area contributed by atoms with Gasteiger partial charge in [-0.2, -0.15) is 0 Å². The van der Waals surface area contributed by atoms with Gasteiger partial charge in [-0.25, -0.2) is 8.42 Å². The molecule has 1 aromatic heterocycles. The maximum atomic E-state index is 14.1. The van der Waals surface area contributed by atoms with Gasteiger partial charge in [0.25, 0.3) is 10.0 Å². The van der Waals surface area contributed by atoms with E-state index in [4.69, 9.17) is 0 Å². The lowest BCUT2D eigenvalue weighted by Crippen LogP contribution is -2.38. The third-order valence-electron chi connectivity index (χ3n) is 6.27. The average Bonchev–Trinajstić information content (AvgIpc) is 3.44. The minimum absolute atomic E-state index is 0.153. The maximum Gasteiger partial charge on any atom is 0.265 e. The molecule has 0 aliphatic heterocycles. The molecule has 4 aromatic carbocycles. The highest BCUT2D eigenvalue weighted by molar-refractivity contribution is 7.93. The SMILES string of the molecule is Cc1cccc(N(CC(=O)Nc2ccc(-c3csnn3)cc2)S(=O)(=O)c2cccc3ccccc23)c1C. The standard InChI is InChI=1S/C28H24N4O3S2/c1-19-7-5-11-26(20(19)2)32(37(34,35)27-12-6-9-21-8-3-4-10-24(21)27)17-28(33)29-23-15-13-22(14-16-23)25-18-36-31-30-25/h3-16,18H,17H2,1-2H3,(H,29,33). The fourth-order valence-electron chi connectivity index (χ4n) is 4.19. The minimum atomic E-state index is -4.09. The Balaban J connectivity index is 1.49. The second kappa shape index (κ2) is 10.1. The molecule has 9 heteroatoms. The Morgan fingerprint density at radius 3 is 2.41 bits per heavy atom. The number of aryl methyl sites for hydroxylation is 1. The fraction of sp³-hybridized carbons (Fsp3) is 0.107. The van der Waals surface area contributed by atoms with E-state index < -0.39 is 15.9 Å². The van der Waals surface area contributed by atoms with Gasteiger partial charge in [0.2, 0.25) is 5.91 Å². The summed E-state index contributed by atoms with van der Waals surface area (Å²) in [4.78, 5) is 13.4. The highest BCUT2D eigenvalue weighted by Gasteiger charge is 2.30. The lowest BCUT2D eigenvalue weighted by molar-refractivity contribution is -0.114. The van der Waals surface area contributed by atoms with E-state index in [0.717, 1.165) is 27.8 Å². The van der Waals surface area contributed by atoms with Crippen molar-refractivity contribution in [2.24, 2.45) is 0 Å². The highest BCUT2D eigenvalue weighted by atomic mass is 32.2. The van der Waals surface area contributed by atoms with Crippen LogP contribution in [0.25, 0.3) is 22.0 Å². The molecule has 5 rings (SSSR count). The zero-order valence-corrected chi connectivity index (χ0v) is 21.9. The molecule has 0 aliphatic carbocycles. The van der Waals surface area contributed by atoms with E-state index in [9.17, 15) is 13.2 Å². The van der Waals surface area contributed by atoms with Gasteiger partial charge in [-0.15, -0.1) is 5.10 Å². The molecule has 0 bridgehead atoms. The van der Waals surface area contributed by atoms with E-state index in [-0.39, 0.29) is 11.4 Å². The predicted octanol–water partition coefficient (Wildman–Crippen LogP) is 5.81. The van der Waals surface area contributed by atoms with Crippen molar-refractivity contribution in [3.8, 4) is 11.3 Å². The molecule has 37 heavy (non-hydrogen) atoms. The number of fused-ring (bicyclic) bond motifs is 1. The second-order valence-electron chi connectivity index (χ2n) is 8.62. The van der Waals surface area contributed by atoms with E-state index >= 15 is 0 Å². The highest BCUT2D eigenvalue weighted by Crippen LogP contribution is 2.32. The van der Waals surface area contributed by atoms with Crippen LogP contribution in [0.1, 0.15) is 11.1 Å². The molecule has 0 saturated carbocycles. The van der Waals surface area contributed by atoms with Gasteiger partial charge >= 0.3 is 0 Å². The number of benzene rings is 4. The third-order valence-corrected chi connectivity index (χ3v) is 8.60. The first-order valence-electron chi connectivity index (χ1n) is 11.6. The number of hydrogen-bond donors (Lipinski definition) is 1. The first kappa shape index (κ1) is 24.6. The minimum Gasteiger partial charge on any atom is -0.325 e. The molecule has 0 fully saturated rings. The van der Waals surface area contributed by atoms with Crippen LogP contribution >= 0.6 is 11.5 Å². The van der Waals surface area contributed by atoms with E-state index in [2.05, 4.69) is 14.9 Å². The number of rotatable bonds is 7. The summed E-state index contributed by atoms with van der Waals surface area (Å²) < 4.78 is 33.3. The third kappa shape index (κ3) is 4.96. The number of sulfonamides is 1. The number of nitrogens with zero attached hydrogens (tertiary/aromatic N) is 3. The zero-order chi connectivity index (χ0) is 26.0. The van der Waals surface area contributed by atoms with Gasteiger partial charge < -0.3 is 5.32 Å². The van der Waals surface area contributed by atoms with Crippen LogP contribution < -0.4 is 9.62 Å². The molecular formula is C28H24N4O3S2. The molecule has 0 radical (unpaired) electrons. The van der Waals surface area contributed by atoms with E-state index in [0.29, 0.717) is 16.8 Å². The molecule has 0 saturated heterocycles. The molecule has 1 N–H and O–H groups in total. The van der Waals surface area contributed by atoms with Crippen molar-refractivity contribution >= 4 is 49.6 Å². The fourth-order valence-corrected chi connectivity index (χ4v) is 6.35. The average molecular weight is 529 g/mol. The van der Waals surface area contributed by atoms with Crippen molar-refractivity contribution in [3.63, 3.8) is 0 Å². The first-order valence-corrected chi connectivity index (χ1v) is 13.9. The molecule has 1 heterocycles. The Morgan fingerprint density at radius 1 is 0.919 bits per heavy atom. The lowest BCUT2D eigenvalue weighted by atomic mass is 10.1. The number of carbonyl (C=O) groups is 1. The molecule has 0 unspecified atom stereocenters. The Hall–Kier alpha value is -4.08. The van der Waals surface area contributed by atoms with Crippen LogP contribution in [0.15, 0.2) is 95.2 Å². The summed E-state index contributed by atoms with van der Waals surface area (Å²) in [6, 6.07) is 25.1. The summed E-state index contributed by atoms with van der Waals surface area (Å²) in [5, 5.41) is 10.1. The first-order chi connectivity index (χ1) is 17.8. The van der Waals surface area contributed by atoms with Crippen molar-refractivity contribution in [2.75, 3.05) is 16.2 Å². The van der Waals surface area contributed by atoms with Crippen molar-refractivity contribution in [2.45, 2.75) is 18.7 Å². The second-order valence-corrected chi connectivity index (χ2v) is 11.1. The molecule has 0 atom stereocenters. The van der Waals surface area contributed by atoms with Crippen LogP contribution in [0.2, 0.25) is 0 Å². The summed E-state index contributed by atoms with van der Waals surface area (Å²) in [5.41, 5.74) is 4.38. The number of nitrogens with one attached hydrogen (secondary N) is 1. The summed E-state index contributed by atoms with van der Waals surface area (Å²) in [6.07, 6.45) is 0. The van der Waals surface area contributed by atoms with Gasteiger partial charge in [-0.05, 0) is 66.2 Å². The number of hydrogen-bond acceptors (Lipinski definition) is 6. The number of aromatic nitrogens is 2. The summed E-state index contributed by atoms with van der Waals surface area (Å²) in [6.45, 7) is 3.40. The largest absolute Gasteiger partial charge is 0.325 e. The van der Waals surface area contributed by atoms with Crippen molar-refractivity contribution in [1.29, 1.82) is 0 Å². The number of amides is 1. The Labute approximate surface area is 219 Å². The molecule has 1 amide bonds. The monoisotopic (exact) mass is 528 g/mol. The normalized spacial score (nSPS) is 11.4. The van der Waals surface area contributed by atoms with Gasteiger partial charge in [0.15, 0.2) is 0 Å². The molecule has 186 valence electrons. The Kier molecular flexibility index (Phi) is 6.73. The quantitative estimate of drug-likeness (QED) is 0.288. The van der Waals surface area contributed by atoms with Crippen molar-refractivity contribution < 1.29 is 13.2 Å². The molecule has 7 nitrogen and oxygen atoms in total.